The highest BCUT2D eigenvalue weighted by Crippen LogP contribution is 2.33. The highest BCUT2D eigenvalue weighted by Gasteiger charge is 2.31. The Labute approximate surface area is 234 Å². The van der Waals surface area contributed by atoms with Gasteiger partial charge in [-0.25, -0.2) is 4.98 Å². The predicted octanol–water partition coefficient (Wildman–Crippen LogP) is 7.03. The lowest BCUT2D eigenvalue weighted by Crippen LogP contribution is -2.25. The van der Waals surface area contributed by atoms with Gasteiger partial charge in [0.25, 0.3) is 0 Å². The molecule has 10 heteroatoms. The number of alkyl halides is 3. The summed E-state index contributed by atoms with van der Waals surface area (Å²) in [6, 6.07) is 21.2. The number of ether oxygens (including phenoxy) is 2. The van der Waals surface area contributed by atoms with Gasteiger partial charge in [0.05, 0.1) is 57.5 Å². The maximum Gasteiger partial charge on any atom is 0.573 e. The van der Waals surface area contributed by atoms with Crippen LogP contribution in [0.25, 0.3) is 28.1 Å². The molecular weight excluding hydrogens is 531 g/mol. The average molecular weight is 560 g/mol. The Hall–Kier alpha value is -4.44. The Bertz CT molecular complexity index is 1700. The van der Waals surface area contributed by atoms with E-state index < -0.39 is 6.36 Å². The number of fused-ring (bicyclic) bond motifs is 2. The number of rotatable bonds is 6. The molecule has 0 atom stereocenters. The van der Waals surface area contributed by atoms with Crippen LogP contribution in [0.3, 0.4) is 0 Å². The summed E-state index contributed by atoms with van der Waals surface area (Å²) in [5.41, 5.74) is 4.86. The first-order chi connectivity index (χ1) is 19.9. The molecule has 2 aromatic carbocycles. The monoisotopic (exact) mass is 559 g/mol. The van der Waals surface area contributed by atoms with E-state index in [4.69, 9.17) is 14.7 Å². The number of pyridine rings is 1. The van der Waals surface area contributed by atoms with E-state index in [1.54, 1.807) is 31.6 Å². The molecular formula is C31H28F3N5O2. The zero-order valence-corrected chi connectivity index (χ0v) is 22.3. The van der Waals surface area contributed by atoms with Crippen molar-refractivity contribution in [3.05, 3.63) is 90.5 Å². The molecule has 0 bridgehead atoms. The third-order valence-electron chi connectivity index (χ3n) is 7.25. The number of hydrogen-bond acceptors (Lipinski definition) is 6. The van der Waals surface area contributed by atoms with E-state index in [2.05, 4.69) is 15.0 Å². The van der Waals surface area contributed by atoms with Crippen molar-refractivity contribution >= 4 is 22.4 Å². The molecule has 6 rings (SSSR count). The number of anilines is 2. The quantitative estimate of drug-likeness (QED) is 0.226. The van der Waals surface area contributed by atoms with Crippen LogP contribution in [0, 0.1) is 0 Å². The Morgan fingerprint density at radius 3 is 2.54 bits per heavy atom. The topological polar surface area (TPSA) is 73.6 Å². The second kappa shape index (κ2) is 11.2. The van der Waals surface area contributed by atoms with Gasteiger partial charge in [-0.2, -0.15) is 0 Å². The molecule has 0 unspecified atom stereocenters. The van der Waals surface area contributed by atoms with Gasteiger partial charge in [-0.3, -0.25) is 9.98 Å². The fourth-order valence-corrected chi connectivity index (χ4v) is 5.35. The van der Waals surface area contributed by atoms with Crippen LogP contribution in [0.15, 0.2) is 90.2 Å². The smallest absolute Gasteiger partial charge is 0.406 e. The lowest BCUT2D eigenvalue weighted by molar-refractivity contribution is -0.274. The minimum Gasteiger partial charge on any atom is -0.406 e. The standard InChI is InChI=1S/C31H28F3N5O2/c1-40-23-13-11-20(12-14-23)36-27-18-30-28(17-26(27)37-21-6-5-15-35-19-21)38-25-9-2-3-10-29(25)39(30)22-7-4-8-24(16-22)41-31(32,33)34/h2-10,15-20,23,37H,11-14H2,1H3/b36-27+. The largest absolute Gasteiger partial charge is 0.573 e. The van der Waals surface area contributed by atoms with Crippen LogP contribution in [-0.2, 0) is 4.74 Å². The van der Waals surface area contributed by atoms with Crippen molar-refractivity contribution in [2.75, 3.05) is 12.4 Å². The minimum atomic E-state index is -4.80. The van der Waals surface area contributed by atoms with Crippen molar-refractivity contribution in [2.45, 2.75) is 44.2 Å². The van der Waals surface area contributed by atoms with Gasteiger partial charge in [0.2, 0.25) is 0 Å². The van der Waals surface area contributed by atoms with E-state index >= 15 is 0 Å². The molecule has 41 heavy (non-hydrogen) atoms. The molecule has 0 saturated heterocycles. The Morgan fingerprint density at radius 1 is 0.951 bits per heavy atom. The van der Waals surface area contributed by atoms with E-state index in [0.29, 0.717) is 22.6 Å². The third kappa shape index (κ3) is 6.02. The van der Waals surface area contributed by atoms with Crippen molar-refractivity contribution in [2.24, 2.45) is 4.99 Å². The van der Waals surface area contributed by atoms with Crippen LogP contribution >= 0.6 is 0 Å². The van der Waals surface area contributed by atoms with Crippen LogP contribution in [0.5, 0.6) is 5.75 Å². The number of aromatic nitrogens is 3. The molecule has 1 aliphatic heterocycles. The number of hydrogen-bond donors (Lipinski definition) is 1. The van der Waals surface area contributed by atoms with Crippen molar-refractivity contribution in [3.63, 3.8) is 0 Å². The van der Waals surface area contributed by atoms with Crippen molar-refractivity contribution < 1.29 is 22.6 Å². The Kier molecular flexibility index (Phi) is 7.32. The van der Waals surface area contributed by atoms with Gasteiger partial charge in [0.15, 0.2) is 0 Å². The van der Waals surface area contributed by atoms with Crippen molar-refractivity contribution in [1.29, 1.82) is 0 Å². The van der Waals surface area contributed by atoms with Gasteiger partial charge in [-0.15, -0.1) is 13.2 Å². The van der Waals surface area contributed by atoms with Gasteiger partial charge < -0.3 is 19.4 Å². The van der Waals surface area contributed by atoms with Gasteiger partial charge >= 0.3 is 6.36 Å². The third-order valence-corrected chi connectivity index (χ3v) is 7.25. The maximum absolute atomic E-state index is 13.1. The normalized spacial score (nSPS) is 18.1. The molecule has 1 saturated carbocycles. The number of para-hydroxylation sites is 2. The molecule has 0 radical (unpaired) electrons. The van der Waals surface area contributed by atoms with Crippen LogP contribution in [0.1, 0.15) is 25.7 Å². The molecule has 1 fully saturated rings. The summed E-state index contributed by atoms with van der Waals surface area (Å²) < 4.78 is 50.9. The number of halogens is 3. The molecule has 2 heterocycles. The fraction of sp³-hybridized carbons (Fsp3) is 0.258. The number of nitrogens with zero attached hydrogens (tertiary/aromatic N) is 4. The molecule has 2 aliphatic carbocycles. The summed E-state index contributed by atoms with van der Waals surface area (Å²) in [7, 11) is 1.74. The number of nitrogens with one attached hydrogen (secondary N) is 1. The van der Waals surface area contributed by atoms with E-state index in [1.165, 1.54) is 12.1 Å². The van der Waals surface area contributed by atoms with Crippen LogP contribution < -0.4 is 15.4 Å². The lowest BCUT2D eigenvalue weighted by atomic mass is 9.93. The fourth-order valence-electron chi connectivity index (χ4n) is 5.35. The first-order valence-corrected chi connectivity index (χ1v) is 13.4. The first-order valence-electron chi connectivity index (χ1n) is 13.4. The molecule has 7 nitrogen and oxygen atoms in total. The number of benzene rings is 3. The molecule has 3 aromatic rings. The molecule has 0 spiro atoms. The van der Waals surface area contributed by atoms with Crippen LogP contribution in [-0.4, -0.2) is 40.2 Å². The lowest BCUT2D eigenvalue weighted by Gasteiger charge is -2.25. The SMILES string of the molecule is COC1CCC(/N=c2\cc3n(-c4cccc(OC(F)(F)F)c4)c4ccccc4nc-3cc2Nc2cccnc2)CC1. The highest BCUT2D eigenvalue weighted by molar-refractivity contribution is 5.84. The summed E-state index contributed by atoms with van der Waals surface area (Å²) in [6.07, 6.45) is 2.55. The predicted molar refractivity (Wildman–Crippen MR) is 151 cm³/mol. The Balaban J connectivity index is 1.56. The second-order valence-corrected chi connectivity index (χ2v) is 10.0. The summed E-state index contributed by atoms with van der Waals surface area (Å²) >= 11 is 0. The maximum atomic E-state index is 13.1. The Morgan fingerprint density at radius 2 is 1.78 bits per heavy atom. The van der Waals surface area contributed by atoms with E-state index in [1.807, 2.05) is 53.1 Å². The summed E-state index contributed by atoms with van der Waals surface area (Å²) in [5.74, 6) is -0.300. The molecule has 3 aliphatic rings. The van der Waals surface area contributed by atoms with Crippen molar-refractivity contribution in [1.82, 2.24) is 14.5 Å². The molecule has 0 amide bonds. The first kappa shape index (κ1) is 26.8. The van der Waals surface area contributed by atoms with Crippen LogP contribution in [0.2, 0.25) is 0 Å². The van der Waals surface area contributed by atoms with Gasteiger partial charge in [0, 0.05) is 25.1 Å². The van der Waals surface area contributed by atoms with Crippen LogP contribution in [0.4, 0.5) is 24.5 Å². The molecule has 1 N–H and O–H groups in total. The van der Waals surface area contributed by atoms with E-state index in [9.17, 15) is 13.2 Å². The summed E-state index contributed by atoms with van der Waals surface area (Å²) in [6.45, 7) is 0. The zero-order valence-electron chi connectivity index (χ0n) is 22.3. The van der Waals surface area contributed by atoms with Gasteiger partial charge in [-0.1, -0.05) is 18.2 Å². The highest BCUT2D eigenvalue weighted by atomic mass is 19.4. The summed E-state index contributed by atoms with van der Waals surface area (Å²) in [4.78, 5) is 14.3. The van der Waals surface area contributed by atoms with E-state index in [-0.39, 0.29) is 17.9 Å². The van der Waals surface area contributed by atoms with Gasteiger partial charge in [-0.05, 0) is 74.2 Å². The van der Waals surface area contributed by atoms with E-state index in [0.717, 1.165) is 47.9 Å². The summed E-state index contributed by atoms with van der Waals surface area (Å²) in [5, 5.41) is 4.17. The molecule has 210 valence electrons. The van der Waals surface area contributed by atoms with Gasteiger partial charge in [0.1, 0.15) is 5.75 Å². The average Bonchev–Trinajstić information content (AvgIpc) is 2.96. The minimum absolute atomic E-state index is 0.110. The molecule has 1 aromatic heterocycles. The zero-order chi connectivity index (χ0) is 28.4. The second-order valence-electron chi connectivity index (χ2n) is 10.0. The number of methoxy groups -OCH3 is 1. The van der Waals surface area contributed by atoms with Crippen molar-refractivity contribution in [3.8, 4) is 22.8 Å².